The van der Waals surface area contributed by atoms with E-state index in [1.54, 1.807) is 0 Å². The second-order valence-electron chi connectivity index (χ2n) is 2.96. The van der Waals surface area contributed by atoms with E-state index in [9.17, 15) is 4.39 Å². The van der Waals surface area contributed by atoms with E-state index in [2.05, 4.69) is 21.2 Å². The first kappa shape index (κ1) is 10.7. The van der Waals surface area contributed by atoms with Crippen LogP contribution in [0, 0.1) is 5.82 Å². The van der Waals surface area contributed by atoms with Gasteiger partial charge in [-0.25, -0.2) is 4.39 Å². The summed E-state index contributed by atoms with van der Waals surface area (Å²) in [5.41, 5.74) is 1.17. The van der Waals surface area contributed by atoms with Crippen molar-refractivity contribution in [3.8, 4) is 0 Å². The molecule has 0 amide bonds. The van der Waals surface area contributed by atoms with Crippen molar-refractivity contribution < 1.29 is 4.39 Å². The highest BCUT2D eigenvalue weighted by Gasteiger charge is 1.99. The lowest BCUT2D eigenvalue weighted by Gasteiger charge is -2.02. The first-order valence-corrected chi connectivity index (χ1v) is 5.12. The van der Waals surface area contributed by atoms with Gasteiger partial charge in [-0.05, 0) is 60.1 Å². The number of benzene rings is 1. The zero-order chi connectivity index (χ0) is 9.68. The molecule has 72 valence electrons. The lowest BCUT2D eigenvalue weighted by molar-refractivity contribution is 0.619. The van der Waals surface area contributed by atoms with E-state index in [0.717, 1.165) is 19.4 Å². The molecule has 0 unspecified atom stereocenters. The van der Waals surface area contributed by atoms with Crippen molar-refractivity contribution in [1.82, 2.24) is 5.32 Å². The minimum atomic E-state index is -0.197. The molecule has 0 aromatic heterocycles. The monoisotopic (exact) mass is 245 g/mol. The van der Waals surface area contributed by atoms with Gasteiger partial charge >= 0.3 is 0 Å². The van der Waals surface area contributed by atoms with Gasteiger partial charge in [-0.2, -0.15) is 0 Å². The molecule has 0 atom stereocenters. The van der Waals surface area contributed by atoms with Gasteiger partial charge in [0.1, 0.15) is 5.82 Å². The summed E-state index contributed by atoms with van der Waals surface area (Å²) in [6, 6.07) is 5.17. The fourth-order valence-corrected chi connectivity index (χ4v) is 1.59. The zero-order valence-corrected chi connectivity index (χ0v) is 9.20. The Morgan fingerprint density at radius 3 is 2.85 bits per heavy atom. The Hall–Kier alpha value is -0.410. The smallest absolute Gasteiger partial charge is 0.137 e. The summed E-state index contributed by atoms with van der Waals surface area (Å²) < 4.78 is 13.4. The molecule has 0 radical (unpaired) electrons. The van der Waals surface area contributed by atoms with Crippen LogP contribution in [0.5, 0.6) is 0 Å². The molecule has 1 rings (SSSR count). The lowest BCUT2D eigenvalue weighted by atomic mass is 10.1. The molecule has 0 spiro atoms. The molecule has 0 aliphatic rings. The third-order valence-corrected chi connectivity index (χ3v) is 2.48. The fourth-order valence-electron chi connectivity index (χ4n) is 1.16. The summed E-state index contributed by atoms with van der Waals surface area (Å²) in [6.07, 6.45) is 2.06. The quantitative estimate of drug-likeness (QED) is 0.805. The molecule has 0 saturated carbocycles. The molecule has 13 heavy (non-hydrogen) atoms. The highest BCUT2D eigenvalue weighted by Crippen LogP contribution is 2.17. The van der Waals surface area contributed by atoms with Gasteiger partial charge in [0, 0.05) is 0 Å². The zero-order valence-electron chi connectivity index (χ0n) is 7.61. The lowest BCUT2D eigenvalue weighted by Crippen LogP contribution is -2.08. The maximum absolute atomic E-state index is 12.8. The molecule has 0 bridgehead atoms. The Bertz CT molecular complexity index is 276. The van der Waals surface area contributed by atoms with Crippen molar-refractivity contribution in [2.24, 2.45) is 0 Å². The van der Waals surface area contributed by atoms with E-state index in [-0.39, 0.29) is 5.82 Å². The summed E-state index contributed by atoms with van der Waals surface area (Å²) in [7, 11) is 1.93. The van der Waals surface area contributed by atoms with Crippen molar-refractivity contribution in [2.45, 2.75) is 12.8 Å². The summed E-state index contributed by atoms with van der Waals surface area (Å²) in [5.74, 6) is -0.197. The molecule has 0 aliphatic heterocycles. The van der Waals surface area contributed by atoms with Gasteiger partial charge in [0.25, 0.3) is 0 Å². The Kier molecular flexibility index (Phi) is 4.39. The highest BCUT2D eigenvalue weighted by atomic mass is 79.9. The van der Waals surface area contributed by atoms with Crippen molar-refractivity contribution in [3.05, 3.63) is 34.1 Å². The Morgan fingerprint density at radius 1 is 1.46 bits per heavy atom. The van der Waals surface area contributed by atoms with Gasteiger partial charge in [0.15, 0.2) is 0 Å². The predicted molar refractivity (Wildman–Crippen MR) is 56.3 cm³/mol. The summed E-state index contributed by atoms with van der Waals surface area (Å²) in [6.45, 7) is 0.995. The largest absolute Gasteiger partial charge is 0.320 e. The summed E-state index contributed by atoms with van der Waals surface area (Å²) >= 11 is 3.16. The number of rotatable bonds is 4. The average molecular weight is 246 g/mol. The highest BCUT2D eigenvalue weighted by molar-refractivity contribution is 9.10. The van der Waals surface area contributed by atoms with Crippen LogP contribution in [0.2, 0.25) is 0 Å². The number of halogens is 2. The Labute approximate surface area is 86.5 Å². The van der Waals surface area contributed by atoms with Gasteiger partial charge in [-0.3, -0.25) is 0 Å². The molecule has 1 aromatic rings. The van der Waals surface area contributed by atoms with Crippen LogP contribution in [-0.4, -0.2) is 13.6 Å². The van der Waals surface area contributed by atoms with E-state index < -0.39 is 0 Å². The van der Waals surface area contributed by atoms with E-state index in [4.69, 9.17) is 0 Å². The number of aryl methyl sites for hydroxylation is 1. The second-order valence-corrected chi connectivity index (χ2v) is 3.81. The van der Waals surface area contributed by atoms with E-state index in [0.29, 0.717) is 4.47 Å². The molecule has 0 fully saturated rings. The molecule has 3 heteroatoms. The molecule has 0 aliphatic carbocycles. The van der Waals surface area contributed by atoms with Crippen molar-refractivity contribution in [3.63, 3.8) is 0 Å². The average Bonchev–Trinajstić information content (AvgIpc) is 2.12. The van der Waals surface area contributed by atoms with Gasteiger partial charge in [-0.1, -0.05) is 6.07 Å². The van der Waals surface area contributed by atoms with Crippen LogP contribution < -0.4 is 5.32 Å². The summed E-state index contributed by atoms with van der Waals surface area (Å²) in [5, 5.41) is 3.08. The van der Waals surface area contributed by atoms with Crippen LogP contribution in [0.4, 0.5) is 4.39 Å². The molecular formula is C10H13BrFN. The molecule has 0 saturated heterocycles. The SMILES string of the molecule is CNCCCc1ccc(F)c(Br)c1. The fraction of sp³-hybridized carbons (Fsp3) is 0.400. The van der Waals surface area contributed by atoms with Crippen LogP contribution in [0.3, 0.4) is 0 Å². The van der Waals surface area contributed by atoms with Gasteiger partial charge in [-0.15, -0.1) is 0 Å². The van der Waals surface area contributed by atoms with Gasteiger partial charge in [0.2, 0.25) is 0 Å². The van der Waals surface area contributed by atoms with Crippen molar-refractivity contribution >= 4 is 15.9 Å². The Balaban J connectivity index is 2.53. The molecule has 1 aromatic carbocycles. The van der Waals surface area contributed by atoms with Gasteiger partial charge < -0.3 is 5.32 Å². The number of hydrogen-bond acceptors (Lipinski definition) is 1. The number of nitrogens with one attached hydrogen (secondary N) is 1. The molecule has 0 heterocycles. The number of hydrogen-bond donors (Lipinski definition) is 1. The van der Waals surface area contributed by atoms with Crippen LogP contribution >= 0.6 is 15.9 Å². The van der Waals surface area contributed by atoms with Crippen molar-refractivity contribution in [1.29, 1.82) is 0 Å². The maximum Gasteiger partial charge on any atom is 0.137 e. The third kappa shape index (κ3) is 3.44. The summed E-state index contributed by atoms with van der Waals surface area (Å²) in [4.78, 5) is 0. The van der Waals surface area contributed by atoms with E-state index in [1.807, 2.05) is 19.2 Å². The van der Waals surface area contributed by atoms with Crippen LogP contribution in [-0.2, 0) is 6.42 Å². The Morgan fingerprint density at radius 2 is 2.23 bits per heavy atom. The van der Waals surface area contributed by atoms with Gasteiger partial charge in [0.05, 0.1) is 4.47 Å². The first-order chi connectivity index (χ1) is 6.24. The molecule has 1 N–H and O–H groups in total. The standard InChI is InChI=1S/C10H13BrFN/c1-13-6-2-3-8-4-5-10(12)9(11)7-8/h4-5,7,13H,2-3,6H2,1H3. The predicted octanol–water partition coefficient (Wildman–Crippen LogP) is 2.74. The normalized spacial score (nSPS) is 10.4. The topological polar surface area (TPSA) is 12.0 Å². The minimum absolute atomic E-state index is 0.197. The second kappa shape index (κ2) is 5.35. The third-order valence-electron chi connectivity index (χ3n) is 1.88. The van der Waals surface area contributed by atoms with E-state index >= 15 is 0 Å². The maximum atomic E-state index is 12.8. The first-order valence-electron chi connectivity index (χ1n) is 4.32. The molecule has 1 nitrogen and oxygen atoms in total. The van der Waals surface area contributed by atoms with Crippen LogP contribution in [0.15, 0.2) is 22.7 Å². The van der Waals surface area contributed by atoms with Crippen molar-refractivity contribution in [2.75, 3.05) is 13.6 Å². The van der Waals surface area contributed by atoms with Crippen LogP contribution in [0.1, 0.15) is 12.0 Å². The van der Waals surface area contributed by atoms with E-state index in [1.165, 1.54) is 11.6 Å². The van der Waals surface area contributed by atoms with Crippen LogP contribution in [0.25, 0.3) is 0 Å². The minimum Gasteiger partial charge on any atom is -0.320 e. The molecular weight excluding hydrogens is 233 g/mol.